The molecule has 7 heteroatoms. The minimum atomic E-state index is 0.621. The molecule has 0 saturated carbocycles. The number of aryl methyl sites for hydroxylation is 3. The van der Waals surface area contributed by atoms with Gasteiger partial charge in [0.25, 0.3) is 0 Å². The predicted octanol–water partition coefficient (Wildman–Crippen LogP) is 3.64. The van der Waals surface area contributed by atoms with Crippen LogP contribution in [0.25, 0.3) is 11.0 Å². The van der Waals surface area contributed by atoms with E-state index in [0.717, 1.165) is 34.7 Å². The van der Waals surface area contributed by atoms with Crippen molar-refractivity contribution < 1.29 is 4.74 Å². The predicted molar refractivity (Wildman–Crippen MR) is 91.7 cm³/mol. The van der Waals surface area contributed by atoms with Gasteiger partial charge < -0.3 is 10.1 Å². The van der Waals surface area contributed by atoms with Gasteiger partial charge in [0.05, 0.1) is 18.5 Å². The fraction of sp³-hybridized carbons (Fsp3) is 0.312. The molecule has 2 aromatic heterocycles. The second-order valence-corrected chi connectivity index (χ2v) is 5.65. The van der Waals surface area contributed by atoms with Crippen LogP contribution in [0.3, 0.4) is 0 Å². The Morgan fingerprint density at radius 1 is 1.30 bits per heavy atom. The Hall–Kier alpha value is -2.34. The molecule has 120 valence electrons. The molecule has 6 nitrogen and oxygen atoms in total. The normalized spacial score (nSPS) is 11.0. The zero-order valence-electron chi connectivity index (χ0n) is 13.5. The number of hydrogen-bond acceptors (Lipinski definition) is 5. The topological polar surface area (TPSA) is 64.9 Å². The zero-order valence-corrected chi connectivity index (χ0v) is 14.3. The van der Waals surface area contributed by atoms with Crippen LogP contribution < -0.4 is 10.1 Å². The van der Waals surface area contributed by atoms with Crippen LogP contribution in [0.15, 0.2) is 18.2 Å². The highest BCUT2D eigenvalue weighted by molar-refractivity contribution is 6.31. The van der Waals surface area contributed by atoms with Crippen molar-refractivity contribution in [3.63, 3.8) is 0 Å². The van der Waals surface area contributed by atoms with Gasteiger partial charge in [-0.1, -0.05) is 18.5 Å². The van der Waals surface area contributed by atoms with Gasteiger partial charge in [-0.05, 0) is 25.1 Å². The largest absolute Gasteiger partial charge is 0.495 e. The number of anilines is 2. The first-order valence-electron chi connectivity index (χ1n) is 7.34. The van der Waals surface area contributed by atoms with Crippen LogP contribution in [-0.2, 0) is 13.5 Å². The van der Waals surface area contributed by atoms with Gasteiger partial charge in [0.15, 0.2) is 5.82 Å². The first-order chi connectivity index (χ1) is 11.0. The average molecular weight is 332 g/mol. The number of rotatable bonds is 4. The lowest BCUT2D eigenvalue weighted by atomic mass is 10.2. The third-order valence-corrected chi connectivity index (χ3v) is 3.86. The van der Waals surface area contributed by atoms with E-state index in [2.05, 4.69) is 20.4 Å². The van der Waals surface area contributed by atoms with Crippen LogP contribution in [0.4, 0.5) is 11.5 Å². The molecule has 2 heterocycles. The summed E-state index contributed by atoms with van der Waals surface area (Å²) in [4.78, 5) is 9.20. The van der Waals surface area contributed by atoms with Crippen molar-refractivity contribution in [2.24, 2.45) is 7.05 Å². The van der Waals surface area contributed by atoms with Crippen molar-refractivity contribution >= 4 is 34.1 Å². The summed E-state index contributed by atoms with van der Waals surface area (Å²) in [6, 6.07) is 5.41. The zero-order chi connectivity index (χ0) is 16.6. The fourth-order valence-electron chi connectivity index (χ4n) is 2.53. The fourth-order valence-corrected chi connectivity index (χ4v) is 2.71. The van der Waals surface area contributed by atoms with Crippen LogP contribution in [0.2, 0.25) is 5.02 Å². The Balaban J connectivity index is 2.18. The maximum atomic E-state index is 6.11. The Morgan fingerprint density at radius 3 is 2.78 bits per heavy atom. The van der Waals surface area contributed by atoms with E-state index in [1.54, 1.807) is 17.9 Å². The van der Waals surface area contributed by atoms with E-state index in [9.17, 15) is 0 Å². The molecule has 0 fully saturated rings. The molecule has 1 aromatic carbocycles. The van der Waals surface area contributed by atoms with E-state index in [1.807, 2.05) is 33.0 Å². The summed E-state index contributed by atoms with van der Waals surface area (Å²) in [5, 5.41) is 8.38. The lowest BCUT2D eigenvalue weighted by Gasteiger charge is -2.13. The molecule has 0 unspecified atom stereocenters. The van der Waals surface area contributed by atoms with Gasteiger partial charge >= 0.3 is 0 Å². The van der Waals surface area contributed by atoms with Crippen LogP contribution in [-0.4, -0.2) is 26.9 Å². The van der Waals surface area contributed by atoms with Crippen molar-refractivity contribution in [3.05, 3.63) is 34.7 Å². The van der Waals surface area contributed by atoms with E-state index in [1.165, 1.54) is 0 Å². The van der Waals surface area contributed by atoms with E-state index in [0.29, 0.717) is 16.6 Å². The van der Waals surface area contributed by atoms with Gasteiger partial charge in [0.2, 0.25) is 0 Å². The molecule has 0 atom stereocenters. The quantitative estimate of drug-likeness (QED) is 0.790. The van der Waals surface area contributed by atoms with Gasteiger partial charge in [-0.2, -0.15) is 5.10 Å². The Kier molecular flexibility index (Phi) is 4.09. The highest BCUT2D eigenvalue weighted by atomic mass is 35.5. The molecule has 3 rings (SSSR count). The average Bonchev–Trinajstić information content (AvgIpc) is 2.82. The highest BCUT2D eigenvalue weighted by Gasteiger charge is 2.16. The number of fused-ring (bicyclic) bond motifs is 1. The van der Waals surface area contributed by atoms with Crippen molar-refractivity contribution in [3.8, 4) is 5.75 Å². The third kappa shape index (κ3) is 2.82. The lowest BCUT2D eigenvalue weighted by Crippen LogP contribution is -2.04. The van der Waals surface area contributed by atoms with Gasteiger partial charge in [-0.3, -0.25) is 4.68 Å². The maximum Gasteiger partial charge on any atom is 0.160 e. The number of halogens is 1. The standard InChI is InChI=1S/C16H18ClN5O/c1-5-13-19-14-9(2)21-22(3)15(14)16(20-13)18-11-8-10(17)6-7-12(11)23-4/h6-8H,5H2,1-4H3,(H,18,19,20). The van der Waals surface area contributed by atoms with E-state index < -0.39 is 0 Å². The lowest BCUT2D eigenvalue weighted by molar-refractivity contribution is 0.417. The SMILES string of the molecule is CCc1nc(Nc2cc(Cl)ccc2OC)c2c(n1)c(C)nn2C. The number of benzene rings is 1. The number of nitrogens with zero attached hydrogens (tertiary/aromatic N) is 4. The minimum Gasteiger partial charge on any atom is -0.495 e. The number of nitrogens with one attached hydrogen (secondary N) is 1. The molecule has 1 N–H and O–H groups in total. The third-order valence-electron chi connectivity index (χ3n) is 3.63. The van der Waals surface area contributed by atoms with Crippen molar-refractivity contribution in [2.75, 3.05) is 12.4 Å². The van der Waals surface area contributed by atoms with Crippen LogP contribution in [0, 0.1) is 6.92 Å². The molecule has 0 aliphatic rings. The summed E-state index contributed by atoms with van der Waals surface area (Å²) >= 11 is 6.11. The summed E-state index contributed by atoms with van der Waals surface area (Å²) in [6.45, 7) is 3.97. The second-order valence-electron chi connectivity index (χ2n) is 5.22. The molecule has 0 amide bonds. The molecule has 0 aliphatic heterocycles. The molecule has 0 radical (unpaired) electrons. The maximum absolute atomic E-state index is 6.11. The Bertz CT molecular complexity index is 875. The molecule has 0 aliphatic carbocycles. The molecular formula is C16H18ClN5O. The smallest absolute Gasteiger partial charge is 0.160 e. The number of methoxy groups -OCH3 is 1. The molecule has 0 bridgehead atoms. The van der Waals surface area contributed by atoms with Crippen LogP contribution in [0.5, 0.6) is 5.75 Å². The number of ether oxygens (including phenoxy) is 1. The first kappa shape index (κ1) is 15.6. The first-order valence-corrected chi connectivity index (χ1v) is 7.72. The van der Waals surface area contributed by atoms with Gasteiger partial charge in [0.1, 0.15) is 22.6 Å². The molecule has 0 saturated heterocycles. The van der Waals surface area contributed by atoms with Crippen molar-refractivity contribution in [2.45, 2.75) is 20.3 Å². The molecule has 0 spiro atoms. The summed E-state index contributed by atoms with van der Waals surface area (Å²) in [5.41, 5.74) is 3.33. The Morgan fingerprint density at radius 2 is 2.09 bits per heavy atom. The number of aromatic nitrogens is 4. The van der Waals surface area contributed by atoms with E-state index >= 15 is 0 Å². The monoisotopic (exact) mass is 331 g/mol. The van der Waals surface area contributed by atoms with Crippen molar-refractivity contribution in [1.29, 1.82) is 0 Å². The van der Waals surface area contributed by atoms with Gasteiger partial charge in [-0.15, -0.1) is 0 Å². The molecule has 23 heavy (non-hydrogen) atoms. The minimum absolute atomic E-state index is 0.621. The molecular weight excluding hydrogens is 314 g/mol. The van der Waals surface area contributed by atoms with Crippen molar-refractivity contribution in [1.82, 2.24) is 19.7 Å². The Labute approximate surface area is 139 Å². The second kappa shape index (κ2) is 6.04. The van der Waals surface area contributed by atoms with Gasteiger partial charge in [-0.25, -0.2) is 9.97 Å². The van der Waals surface area contributed by atoms with E-state index in [4.69, 9.17) is 16.3 Å². The van der Waals surface area contributed by atoms with Gasteiger partial charge in [0, 0.05) is 18.5 Å². The van der Waals surface area contributed by atoms with E-state index in [-0.39, 0.29) is 0 Å². The summed E-state index contributed by atoms with van der Waals surface area (Å²) in [6.07, 6.45) is 0.742. The highest BCUT2D eigenvalue weighted by Crippen LogP contribution is 2.32. The number of hydrogen-bond donors (Lipinski definition) is 1. The van der Waals surface area contributed by atoms with Crippen LogP contribution in [0.1, 0.15) is 18.4 Å². The summed E-state index contributed by atoms with van der Waals surface area (Å²) in [7, 11) is 3.50. The summed E-state index contributed by atoms with van der Waals surface area (Å²) in [5.74, 6) is 2.14. The summed E-state index contributed by atoms with van der Waals surface area (Å²) < 4.78 is 7.17. The van der Waals surface area contributed by atoms with Crippen LogP contribution >= 0.6 is 11.6 Å². The molecule has 3 aromatic rings.